The zero-order valence-corrected chi connectivity index (χ0v) is 15.3. The van der Waals surface area contributed by atoms with Crippen LogP contribution in [-0.4, -0.2) is 30.3 Å². The standard InChI is InChI=1S/C15H16ClN3O3S2/c1-2-3-10-24(21,22)15-19-18-14(23-15)17-13(20)9-8-11-6-4-5-7-12(11)16/h4-9H,2-3,10H2,1H3,(H,17,18,20). The number of halogens is 1. The van der Waals surface area contributed by atoms with Crippen molar-refractivity contribution < 1.29 is 13.2 Å². The van der Waals surface area contributed by atoms with Gasteiger partial charge in [0.15, 0.2) is 0 Å². The highest BCUT2D eigenvalue weighted by Gasteiger charge is 2.20. The number of benzene rings is 1. The molecule has 0 fully saturated rings. The van der Waals surface area contributed by atoms with Crippen molar-refractivity contribution in [1.82, 2.24) is 10.2 Å². The Bertz CT molecular complexity index is 847. The molecule has 0 saturated carbocycles. The van der Waals surface area contributed by atoms with Crippen molar-refractivity contribution in [3.63, 3.8) is 0 Å². The highest BCUT2D eigenvalue weighted by Crippen LogP contribution is 2.22. The zero-order chi connectivity index (χ0) is 17.6. The van der Waals surface area contributed by atoms with Crippen molar-refractivity contribution in [2.75, 3.05) is 11.1 Å². The number of sulfone groups is 1. The average molecular weight is 386 g/mol. The van der Waals surface area contributed by atoms with Gasteiger partial charge in [-0.2, -0.15) is 0 Å². The molecule has 0 bridgehead atoms. The Morgan fingerprint density at radius 2 is 2.08 bits per heavy atom. The van der Waals surface area contributed by atoms with Gasteiger partial charge in [0.25, 0.3) is 0 Å². The van der Waals surface area contributed by atoms with Gasteiger partial charge in [0.05, 0.1) is 5.75 Å². The molecule has 0 aliphatic carbocycles. The van der Waals surface area contributed by atoms with E-state index in [4.69, 9.17) is 11.6 Å². The molecular formula is C15H16ClN3O3S2. The fourth-order valence-electron chi connectivity index (χ4n) is 1.73. The summed E-state index contributed by atoms with van der Waals surface area (Å²) in [4.78, 5) is 11.9. The summed E-state index contributed by atoms with van der Waals surface area (Å²) in [5.74, 6) is -0.415. The van der Waals surface area contributed by atoms with E-state index in [9.17, 15) is 13.2 Å². The highest BCUT2D eigenvalue weighted by atomic mass is 35.5. The molecule has 9 heteroatoms. The Hall–Kier alpha value is -1.77. The van der Waals surface area contributed by atoms with E-state index in [0.717, 1.165) is 17.8 Å². The quantitative estimate of drug-likeness (QED) is 0.582. The van der Waals surface area contributed by atoms with Gasteiger partial charge >= 0.3 is 0 Å². The van der Waals surface area contributed by atoms with Crippen molar-refractivity contribution in [3.8, 4) is 0 Å². The minimum Gasteiger partial charge on any atom is -0.297 e. The molecule has 1 N–H and O–H groups in total. The summed E-state index contributed by atoms with van der Waals surface area (Å²) in [7, 11) is -3.44. The molecule has 0 aliphatic rings. The number of hydrogen-bond donors (Lipinski definition) is 1. The third-order valence-electron chi connectivity index (χ3n) is 2.99. The number of amides is 1. The molecule has 0 atom stereocenters. The second-order valence-corrected chi connectivity index (χ2v) is 8.56. The van der Waals surface area contributed by atoms with E-state index < -0.39 is 15.7 Å². The minimum absolute atomic E-state index is 0.0263. The lowest BCUT2D eigenvalue weighted by Crippen LogP contribution is -2.07. The predicted octanol–water partition coefficient (Wildman–Crippen LogP) is 3.42. The topological polar surface area (TPSA) is 89.0 Å². The van der Waals surface area contributed by atoms with Gasteiger partial charge in [-0.05, 0) is 24.1 Å². The smallest absolute Gasteiger partial charge is 0.250 e. The monoisotopic (exact) mass is 385 g/mol. The SMILES string of the molecule is CCCCS(=O)(=O)c1nnc(NC(=O)C=Cc2ccccc2Cl)s1. The van der Waals surface area contributed by atoms with Crippen molar-refractivity contribution in [3.05, 3.63) is 40.9 Å². The third-order valence-corrected chi connectivity index (χ3v) is 6.42. The number of rotatable bonds is 7. The number of nitrogens with one attached hydrogen (secondary N) is 1. The van der Waals surface area contributed by atoms with Crippen LogP contribution in [0.2, 0.25) is 5.02 Å². The Morgan fingerprint density at radius 1 is 1.33 bits per heavy atom. The van der Waals surface area contributed by atoms with Crippen molar-refractivity contribution in [1.29, 1.82) is 0 Å². The summed E-state index contributed by atoms with van der Waals surface area (Å²) in [6, 6.07) is 7.09. The molecule has 1 heterocycles. The van der Waals surface area contributed by atoms with Crippen LogP contribution in [0.3, 0.4) is 0 Å². The molecule has 0 radical (unpaired) electrons. The number of hydrogen-bond acceptors (Lipinski definition) is 6. The van der Waals surface area contributed by atoms with Crippen LogP contribution in [0.15, 0.2) is 34.7 Å². The summed E-state index contributed by atoms with van der Waals surface area (Å²) in [6.45, 7) is 1.91. The molecule has 0 saturated heterocycles. The first kappa shape index (κ1) is 18.6. The van der Waals surface area contributed by atoms with Crippen molar-refractivity contribution >= 4 is 49.9 Å². The number of carbonyl (C=O) groups excluding carboxylic acids is 1. The summed E-state index contributed by atoms with van der Waals surface area (Å²) >= 11 is 6.83. The Morgan fingerprint density at radius 3 is 2.79 bits per heavy atom. The van der Waals surface area contributed by atoms with E-state index in [2.05, 4.69) is 15.5 Å². The predicted molar refractivity (Wildman–Crippen MR) is 96.0 cm³/mol. The molecule has 1 aromatic heterocycles. The number of carbonyl (C=O) groups is 1. The van der Waals surface area contributed by atoms with E-state index in [1.165, 1.54) is 6.08 Å². The number of unbranched alkanes of at least 4 members (excludes halogenated alkanes) is 1. The van der Waals surface area contributed by atoms with Crippen LogP contribution in [-0.2, 0) is 14.6 Å². The second-order valence-electron chi connectivity index (χ2n) is 4.89. The van der Waals surface area contributed by atoms with Crippen LogP contribution in [0, 0.1) is 0 Å². The third kappa shape index (κ3) is 5.12. The van der Waals surface area contributed by atoms with E-state index in [-0.39, 0.29) is 15.2 Å². The normalized spacial score (nSPS) is 11.8. The Balaban J connectivity index is 2.02. The maximum Gasteiger partial charge on any atom is 0.250 e. The van der Waals surface area contributed by atoms with Gasteiger partial charge in [0, 0.05) is 11.1 Å². The van der Waals surface area contributed by atoms with E-state index in [1.54, 1.807) is 24.3 Å². The summed E-state index contributed by atoms with van der Waals surface area (Å²) < 4.78 is 23.9. The highest BCUT2D eigenvalue weighted by molar-refractivity contribution is 7.93. The lowest BCUT2D eigenvalue weighted by Gasteiger charge is -1.98. The molecule has 24 heavy (non-hydrogen) atoms. The molecule has 0 spiro atoms. The molecule has 6 nitrogen and oxygen atoms in total. The van der Waals surface area contributed by atoms with Gasteiger partial charge in [-0.1, -0.05) is 54.5 Å². The van der Waals surface area contributed by atoms with Crippen LogP contribution >= 0.6 is 22.9 Å². The summed E-state index contributed by atoms with van der Waals surface area (Å²) in [6.07, 6.45) is 4.20. The van der Waals surface area contributed by atoms with Crippen LogP contribution in [0.25, 0.3) is 6.08 Å². The van der Waals surface area contributed by atoms with E-state index in [0.29, 0.717) is 17.0 Å². The Labute approximate surface area is 149 Å². The molecule has 1 aromatic carbocycles. The first-order valence-corrected chi connectivity index (χ1v) is 10.1. The summed E-state index contributed by atoms with van der Waals surface area (Å²) in [5.41, 5.74) is 0.703. The first-order valence-electron chi connectivity index (χ1n) is 7.22. The molecule has 128 valence electrons. The van der Waals surface area contributed by atoms with Gasteiger partial charge in [0.1, 0.15) is 0 Å². The maximum absolute atomic E-state index is 12.0. The van der Waals surface area contributed by atoms with Crippen LogP contribution < -0.4 is 5.32 Å². The fourth-order valence-corrected chi connectivity index (χ4v) is 4.41. The molecule has 1 amide bonds. The van der Waals surface area contributed by atoms with E-state index in [1.807, 2.05) is 13.0 Å². The lowest BCUT2D eigenvalue weighted by molar-refractivity contribution is -0.111. The molecule has 2 aromatic rings. The number of aromatic nitrogens is 2. The van der Waals surface area contributed by atoms with Crippen LogP contribution in [0.5, 0.6) is 0 Å². The zero-order valence-electron chi connectivity index (χ0n) is 12.9. The van der Waals surface area contributed by atoms with E-state index >= 15 is 0 Å². The average Bonchev–Trinajstić information content (AvgIpc) is 3.01. The van der Waals surface area contributed by atoms with Gasteiger partial charge in [-0.3, -0.25) is 10.1 Å². The van der Waals surface area contributed by atoms with Gasteiger partial charge in [-0.15, -0.1) is 10.2 Å². The van der Waals surface area contributed by atoms with Crippen molar-refractivity contribution in [2.24, 2.45) is 0 Å². The molecular weight excluding hydrogens is 370 g/mol. The maximum atomic E-state index is 12.0. The molecule has 2 rings (SSSR count). The molecule has 0 unspecified atom stereocenters. The number of nitrogens with zero attached hydrogens (tertiary/aromatic N) is 2. The van der Waals surface area contributed by atoms with Gasteiger partial charge in [-0.25, -0.2) is 8.42 Å². The number of anilines is 1. The van der Waals surface area contributed by atoms with Gasteiger partial charge < -0.3 is 0 Å². The van der Waals surface area contributed by atoms with Crippen LogP contribution in [0.1, 0.15) is 25.3 Å². The van der Waals surface area contributed by atoms with Crippen LogP contribution in [0.4, 0.5) is 5.13 Å². The molecule has 0 aliphatic heterocycles. The largest absolute Gasteiger partial charge is 0.297 e. The summed E-state index contributed by atoms with van der Waals surface area (Å²) in [5, 5.41) is 10.5. The minimum atomic E-state index is -3.44. The van der Waals surface area contributed by atoms with Gasteiger partial charge in [0.2, 0.25) is 25.2 Å². The Kier molecular flexibility index (Phi) is 6.47. The first-order chi connectivity index (χ1) is 11.4. The lowest BCUT2D eigenvalue weighted by atomic mass is 10.2. The second kappa shape index (κ2) is 8.36. The fraction of sp³-hybridized carbons (Fsp3) is 0.267. The van der Waals surface area contributed by atoms with Crippen molar-refractivity contribution in [2.45, 2.75) is 24.1 Å².